The molecule has 0 bridgehead atoms. The first-order valence-corrected chi connectivity index (χ1v) is 9.00. The van der Waals surface area contributed by atoms with Gasteiger partial charge in [0.2, 0.25) is 0 Å². The van der Waals surface area contributed by atoms with Crippen molar-refractivity contribution in [1.82, 2.24) is 10.3 Å². The normalized spacial score (nSPS) is 26.6. The number of nitrogens with one attached hydrogen (secondary N) is 1. The highest BCUT2D eigenvalue weighted by atomic mass is 35.5. The molecule has 2 rings (SSSR count). The predicted molar refractivity (Wildman–Crippen MR) is 88.6 cm³/mol. The van der Waals surface area contributed by atoms with Crippen molar-refractivity contribution in [1.29, 1.82) is 0 Å². The van der Waals surface area contributed by atoms with Gasteiger partial charge in [-0.15, -0.1) is 0 Å². The minimum Gasteiger partial charge on any atom is -0.313 e. The minimum atomic E-state index is 0.590. The van der Waals surface area contributed by atoms with Crippen molar-refractivity contribution < 1.29 is 0 Å². The second-order valence-corrected chi connectivity index (χ2v) is 7.23. The van der Waals surface area contributed by atoms with Crippen molar-refractivity contribution in [2.24, 2.45) is 5.92 Å². The van der Waals surface area contributed by atoms with Crippen LogP contribution in [0.5, 0.6) is 0 Å². The van der Waals surface area contributed by atoms with E-state index < -0.39 is 0 Å². The van der Waals surface area contributed by atoms with Gasteiger partial charge in [-0.3, -0.25) is 0 Å². The van der Waals surface area contributed by atoms with Crippen molar-refractivity contribution >= 4 is 23.4 Å². The van der Waals surface area contributed by atoms with E-state index in [1.54, 1.807) is 0 Å². The van der Waals surface area contributed by atoms with Crippen molar-refractivity contribution in [3.05, 3.63) is 23.4 Å². The monoisotopic (exact) mass is 312 g/mol. The van der Waals surface area contributed by atoms with Gasteiger partial charge in [0, 0.05) is 17.5 Å². The minimum absolute atomic E-state index is 0.590. The molecule has 0 radical (unpaired) electrons. The summed E-state index contributed by atoms with van der Waals surface area (Å²) in [7, 11) is 0. The number of hydrogen-bond donors (Lipinski definition) is 1. The number of aromatic nitrogens is 1. The molecule has 3 atom stereocenters. The van der Waals surface area contributed by atoms with Gasteiger partial charge in [-0.25, -0.2) is 4.98 Å². The SMILES string of the molecule is CCCNC1CCC(CC)CC1Sc1ncccc1Cl. The second-order valence-electron chi connectivity index (χ2n) is 5.59. The molecule has 0 aromatic carbocycles. The average Bonchev–Trinajstić information content (AvgIpc) is 2.48. The van der Waals surface area contributed by atoms with Crippen LogP contribution in [0, 0.1) is 5.92 Å². The van der Waals surface area contributed by atoms with Crippen LogP contribution >= 0.6 is 23.4 Å². The zero-order chi connectivity index (χ0) is 14.4. The lowest BCUT2D eigenvalue weighted by atomic mass is 9.84. The van der Waals surface area contributed by atoms with Crippen LogP contribution in [0.3, 0.4) is 0 Å². The molecule has 20 heavy (non-hydrogen) atoms. The zero-order valence-corrected chi connectivity index (χ0v) is 14.0. The molecule has 1 saturated carbocycles. The molecule has 2 nitrogen and oxygen atoms in total. The summed E-state index contributed by atoms with van der Waals surface area (Å²) < 4.78 is 0. The maximum Gasteiger partial charge on any atom is 0.115 e. The number of rotatable bonds is 6. The fraction of sp³-hybridized carbons (Fsp3) is 0.688. The standard InChI is InChI=1S/C16H25ClN2S/c1-3-9-18-14-8-7-12(4-2)11-15(14)20-16-13(17)6-5-10-19-16/h5-6,10,12,14-15,18H,3-4,7-9,11H2,1-2H3. The highest BCUT2D eigenvalue weighted by Gasteiger charge is 2.30. The Balaban J connectivity index is 2.04. The molecule has 0 aliphatic heterocycles. The molecule has 1 heterocycles. The summed E-state index contributed by atoms with van der Waals surface area (Å²) >= 11 is 8.13. The molecule has 1 aromatic rings. The average molecular weight is 313 g/mol. The Morgan fingerprint density at radius 1 is 1.40 bits per heavy atom. The van der Waals surface area contributed by atoms with Crippen LogP contribution in [0.2, 0.25) is 5.02 Å². The third-order valence-corrected chi connectivity index (χ3v) is 5.91. The third-order valence-electron chi connectivity index (χ3n) is 4.12. The molecule has 0 amide bonds. The van der Waals surface area contributed by atoms with Crippen molar-refractivity contribution in [3.8, 4) is 0 Å². The smallest absolute Gasteiger partial charge is 0.115 e. The van der Waals surface area contributed by atoms with E-state index >= 15 is 0 Å². The molecule has 1 aliphatic rings. The van der Waals surface area contributed by atoms with Gasteiger partial charge < -0.3 is 5.32 Å². The van der Waals surface area contributed by atoms with Gasteiger partial charge >= 0.3 is 0 Å². The van der Waals surface area contributed by atoms with E-state index in [1.807, 2.05) is 30.1 Å². The fourth-order valence-electron chi connectivity index (χ4n) is 2.88. The second kappa shape index (κ2) is 8.26. The Bertz CT molecular complexity index is 413. The summed E-state index contributed by atoms with van der Waals surface area (Å²) in [5.41, 5.74) is 0. The van der Waals surface area contributed by atoms with Crippen LogP contribution in [-0.4, -0.2) is 22.8 Å². The summed E-state index contributed by atoms with van der Waals surface area (Å²) in [6.07, 6.45) is 8.22. The van der Waals surface area contributed by atoms with E-state index in [0.717, 1.165) is 22.5 Å². The predicted octanol–water partition coefficient (Wildman–Crippen LogP) is 4.77. The lowest BCUT2D eigenvalue weighted by molar-refractivity contribution is 0.295. The van der Waals surface area contributed by atoms with Gasteiger partial charge in [-0.1, -0.05) is 43.6 Å². The summed E-state index contributed by atoms with van der Waals surface area (Å²) in [4.78, 5) is 4.44. The van der Waals surface area contributed by atoms with Gasteiger partial charge in [0.15, 0.2) is 0 Å². The van der Waals surface area contributed by atoms with Crippen LogP contribution < -0.4 is 5.32 Å². The van der Waals surface area contributed by atoms with Crippen molar-refractivity contribution in [3.63, 3.8) is 0 Å². The third kappa shape index (κ3) is 4.37. The molecule has 1 N–H and O–H groups in total. The molecule has 1 fully saturated rings. The summed E-state index contributed by atoms with van der Waals surface area (Å²) in [5.74, 6) is 0.856. The van der Waals surface area contributed by atoms with E-state index in [4.69, 9.17) is 11.6 Å². The first-order chi connectivity index (χ1) is 9.74. The number of hydrogen-bond acceptors (Lipinski definition) is 3. The highest BCUT2D eigenvalue weighted by Crippen LogP contribution is 2.38. The van der Waals surface area contributed by atoms with Crippen LogP contribution in [-0.2, 0) is 0 Å². The molecule has 4 heteroatoms. The highest BCUT2D eigenvalue weighted by molar-refractivity contribution is 8.00. The summed E-state index contributed by atoms with van der Waals surface area (Å²) in [6, 6.07) is 4.43. The van der Waals surface area contributed by atoms with Gasteiger partial charge in [0.05, 0.1) is 5.02 Å². The van der Waals surface area contributed by atoms with Crippen LogP contribution in [0.25, 0.3) is 0 Å². The zero-order valence-electron chi connectivity index (χ0n) is 12.4. The topological polar surface area (TPSA) is 24.9 Å². The summed E-state index contributed by atoms with van der Waals surface area (Å²) in [6.45, 7) is 5.64. The lowest BCUT2D eigenvalue weighted by Crippen LogP contribution is -2.42. The fourth-order valence-corrected chi connectivity index (χ4v) is 4.49. The number of halogens is 1. The Morgan fingerprint density at radius 2 is 2.25 bits per heavy atom. The van der Waals surface area contributed by atoms with Crippen LogP contribution in [0.15, 0.2) is 23.4 Å². The Kier molecular flexibility index (Phi) is 6.66. The Morgan fingerprint density at radius 3 is 2.95 bits per heavy atom. The van der Waals surface area contributed by atoms with Crippen LogP contribution in [0.4, 0.5) is 0 Å². The lowest BCUT2D eigenvalue weighted by Gasteiger charge is -2.36. The van der Waals surface area contributed by atoms with Crippen molar-refractivity contribution in [2.75, 3.05) is 6.54 Å². The van der Waals surface area contributed by atoms with Crippen molar-refractivity contribution in [2.45, 2.75) is 62.3 Å². The molecule has 1 aliphatic carbocycles. The maximum absolute atomic E-state index is 6.26. The molecular weight excluding hydrogens is 288 g/mol. The van der Waals surface area contributed by atoms with Gasteiger partial charge in [-0.05, 0) is 50.3 Å². The number of nitrogens with zero attached hydrogens (tertiary/aromatic N) is 1. The van der Waals surface area contributed by atoms with Gasteiger partial charge in [0.1, 0.15) is 5.03 Å². The van der Waals surface area contributed by atoms with Gasteiger partial charge in [0.25, 0.3) is 0 Å². The largest absolute Gasteiger partial charge is 0.313 e. The van der Waals surface area contributed by atoms with E-state index in [1.165, 1.54) is 32.1 Å². The number of thioether (sulfide) groups is 1. The molecular formula is C16H25ClN2S. The first kappa shape index (κ1) is 16.1. The van der Waals surface area contributed by atoms with E-state index in [2.05, 4.69) is 24.1 Å². The molecule has 0 spiro atoms. The Labute approximate surface area is 132 Å². The van der Waals surface area contributed by atoms with Gasteiger partial charge in [-0.2, -0.15) is 0 Å². The molecule has 112 valence electrons. The van der Waals surface area contributed by atoms with Crippen LogP contribution in [0.1, 0.15) is 46.0 Å². The van der Waals surface area contributed by atoms with E-state index in [9.17, 15) is 0 Å². The quantitative estimate of drug-likeness (QED) is 0.818. The van der Waals surface area contributed by atoms with E-state index in [0.29, 0.717) is 11.3 Å². The Hall–Kier alpha value is -0.250. The maximum atomic E-state index is 6.26. The first-order valence-electron chi connectivity index (χ1n) is 7.75. The molecule has 3 unspecified atom stereocenters. The summed E-state index contributed by atoms with van der Waals surface area (Å²) in [5, 5.41) is 6.07. The molecule has 1 aromatic heterocycles. The molecule has 0 saturated heterocycles. The van der Waals surface area contributed by atoms with E-state index in [-0.39, 0.29) is 0 Å². The number of pyridine rings is 1.